The zero-order chi connectivity index (χ0) is 15.6. The lowest BCUT2D eigenvalue weighted by molar-refractivity contribution is 0.211. The molecule has 114 valence electrons. The molecule has 2 N–H and O–H groups in total. The molecule has 1 heterocycles. The average molecular weight is 311 g/mol. The summed E-state index contributed by atoms with van der Waals surface area (Å²) >= 11 is 0. The fourth-order valence-corrected chi connectivity index (χ4v) is 4.32. The van der Waals surface area contributed by atoms with Gasteiger partial charge in [0.25, 0.3) is 0 Å². The molecule has 2 unspecified atom stereocenters. The summed E-state index contributed by atoms with van der Waals surface area (Å²) in [6.07, 6.45) is 1.64. The average Bonchev–Trinajstić information content (AvgIpc) is 2.47. The third kappa shape index (κ3) is 3.07. The molecule has 7 heteroatoms. The van der Waals surface area contributed by atoms with Gasteiger partial charge in [-0.2, -0.15) is 9.57 Å². The first-order chi connectivity index (χ1) is 9.90. The molecule has 0 radical (unpaired) electrons. The van der Waals surface area contributed by atoms with Crippen molar-refractivity contribution in [1.82, 2.24) is 4.31 Å². The van der Waals surface area contributed by atoms with Crippen LogP contribution in [0.5, 0.6) is 0 Å². The van der Waals surface area contributed by atoms with E-state index in [0.717, 1.165) is 25.0 Å². The van der Waals surface area contributed by atoms with Gasteiger partial charge in [-0.05, 0) is 50.4 Å². The molecule has 1 saturated heterocycles. The van der Waals surface area contributed by atoms with Crippen molar-refractivity contribution in [1.29, 1.82) is 5.26 Å². The van der Waals surface area contributed by atoms with Gasteiger partial charge in [-0.25, -0.2) is 12.8 Å². The van der Waals surface area contributed by atoms with Gasteiger partial charge in [0, 0.05) is 12.6 Å². The summed E-state index contributed by atoms with van der Waals surface area (Å²) in [5, 5.41) is 8.84. The quantitative estimate of drug-likeness (QED) is 0.915. The van der Waals surface area contributed by atoms with E-state index in [4.69, 9.17) is 11.0 Å². The van der Waals surface area contributed by atoms with Crippen LogP contribution in [0, 0.1) is 23.1 Å². The number of halogens is 1. The van der Waals surface area contributed by atoms with Crippen LogP contribution in [-0.4, -0.2) is 31.9 Å². The maximum Gasteiger partial charge on any atom is 0.243 e. The lowest BCUT2D eigenvalue weighted by Crippen LogP contribution is -2.47. The molecular weight excluding hydrogens is 293 g/mol. The van der Waals surface area contributed by atoms with Crippen LogP contribution in [0.4, 0.5) is 4.39 Å². The summed E-state index contributed by atoms with van der Waals surface area (Å²) in [4.78, 5) is -0.0510. The molecule has 0 saturated carbocycles. The van der Waals surface area contributed by atoms with Crippen molar-refractivity contribution in [3.63, 3.8) is 0 Å². The first-order valence-corrected chi connectivity index (χ1v) is 8.25. The summed E-state index contributed by atoms with van der Waals surface area (Å²) in [7, 11) is -3.74. The number of nitrogens with zero attached hydrogens (tertiary/aromatic N) is 2. The summed E-state index contributed by atoms with van der Waals surface area (Å²) in [5.41, 5.74) is 5.38. The van der Waals surface area contributed by atoms with Gasteiger partial charge >= 0.3 is 0 Å². The molecule has 21 heavy (non-hydrogen) atoms. The highest BCUT2D eigenvalue weighted by Crippen LogP contribution is 2.28. The standard InChI is InChI=1S/C14H18FN3O2S/c1-10-2-3-11(7-16)9-18(10)21(19,20)13-4-5-14(15)12(6-13)8-17/h4-6,10-11H,2-3,7,9,16H2,1H3. The van der Waals surface area contributed by atoms with Gasteiger partial charge in [-0.3, -0.25) is 0 Å². The van der Waals surface area contributed by atoms with Crippen LogP contribution in [0.1, 0.15) is 25.3 Å². The van der Waals surface area contributed by atoms with Gasteiger partial charge in [-0.15, -0.1) is 0 Å². The van der Waals surface area contributed by atoms with Crippen LogP contribution in [0.3, 0.4) is 0 Å². The molecular formula is C14H18FN3O2S. The number of hydrogen-bond acceptors (Lipinski definition) is 4. The van der Waals surface area contributed by atoms with Gasteiger partial charge in [0.15, 0.2) is 0 Å². The zero-order valence-electron chi connectivity index (χ0n) is 11.8. The Morgan fingerprint density at radius 1 is 1.48 bits per heavy atom. The third-order valence-corrected chi connectivity index (χ3v) is 5.90. The second kappa shape index (κ2) is 6.10. The van der Waals surface area contributed by atoms with Crippen molar-refractivity contribution >= 4 is 10.0 Å². The highest BCUT2D eigenvalue weighted by molar-refractivity contribution is 7.89. The Hall–Kier alpha value is -1.49. The van der Waals surface area contributed by atoms with E-state index >= 15 is 0 Å². The SMILES string of the molecule is CC1CCC(CN)CN1S(=O)(=O)c1ccc(F)c(C#N)c1. The van der Waals surface area contributed by atoms with Gasteiger partial charge in [0.1, 0.15) is 11.9 Å². The van der Waals surface area contributed by atoms with Crippen molar-refractivity contribution in [2.45, 2.75) is 30.7 Å². The normalized spacial score (nSPS) is 23.7. The monoisotopic (exact) mass is 311 g/mol. The van der Waals surface area contributed by atoms with E-state index in [2.05, 4.69) is 0 Å². The second-order valence-corrected chi connectivity index (χ2v) is 7.25. The molecule has 1 aromatic carbocycles. The molecule has 1 aliphatic heterocycles. The summed E-state index contributed by atoms with van der Waals surface area (Å²) < 4.78 is 40.1. The van der Waals surface area contributed by atoms with Crippen LogP contribution < -0.4 is 5.73 Å². The topological polar surface area (TPSA) is 87.2 Å². The Kier molecular flexibility index (Phi) is 4.61. The molecule has 1 fully saturated rings. The first-order valence-electron chi connectivity index (χ1n) is 6.81. The molecule has 2 atom stereocenters. The Labute approximate surface area is 124 Å². The predicted octanol–water partition coefficient (Wildman–Crippen LogP) is 1.45. The molecule has 0 aromatic heterocycles. The van der Waals surface area contributed by atoms with E-state index < -0.39 is 15.8 Å². The van der Waals surface area contributed by atoms with Gasteiger partial charge in [0.2, 0.25) is 10.0 Å². The van der Waals surface area contributed by atoms with E-state index in [1.807, 2.05) is 6.92 Å². The zero-order valence-corrected chi connectivity index (χ0v) is 12.6. The number of piperidine rings is 1. The van der Waals surface area contributed by atoms with Crippen LogP contribution in [0.25, 0.3) is 0 Å². The van der Waals surface area contributed by atoms with Crippen LogP contribution in [-0.2, 0) is 10.0 Å². The van der Waals surface area contributed by atoms with Gasteiger partial charge in [-0.1, -0.05) is 0 Å². The van der Waals surface area contributed by atoms with Gasteiger partial charge in [0.05, 0.1) is 10.5 Å². The second-order valence-electron chi connectivity index (χ2n) is 5.36. The Morgan fingerprint density at radius 2 is 2.19 bits per heavy atom. The number of nitrogens with two attached hydrogens (primary N) is 1. The lowest BCUT2D eigenvalue weighted by atomic mass is 9.96. The van der Waals surface area contributed by atoms with E-state index in [1.165, 1.54) is 10.4 Å². The van der Waals surface area contributed by atoms with Crippen molar-refractivity contribution in [2.24, 2.45) is 11.7 Å². The first kappa shape index (κ1) is 15.9. The Balaban J connectivity index is 2.39. The number of rotatable bonds is 3. The summed E-state index contributed by atoms with van der Waals surface area (Å²) in [5.74, 6) is -0.588. The van der Waals surface area contributed by atoms with E-state index in [0.29, 0.717) is 13.1 Å². The highest BCUT2D eigenvalue weighted by atomic mass is 32.2. The predicted molar refractivity (Wildman–Crippen MR) is 76.2 cm³/mol. The molecule has 0 amide bonds. The fourth-order valence-electron chi connectivity index (χ4n) is 2.56. The Morgan fingerprint density at radius 3 is 2.81 bits per heavy atom. The van der Waals surface area contributed by atoms with E-state index in [9.17, 15) is 12.8 Å². The maximum absolute atomic E-state index is 13.3. The number of sulfonamides is 1. The minimum atomic E-state index is -3.74. The van der Waals surface area contributed by atoms with Crippen molar-refractivity contribution in [3.8, 4) is 6.07 Å². The molecule has 2 rings (SSSR count). The van der Waals surface area contributed by atoms with Crippen LogP contribution in [0.2, 0.25) is 0 Å². The molecule has 5 nitrogen and oxygen atoms in total. The summed E-state index contributed by atoms with van der Waals surface area (Å²) in [6.45, 7) is 2.64. The van der Waals surface area contributed by atoms with Crippen molar-refractivity contribution in [3.05, 3.63) is 29.6 Å². The minimum absolute atomic E-state index is 0.0510. The lowest BCUT2D eigenvalue weighted by Gasteiger charge is -2.36. The smallest absolute Gasteiger partial charge is 0.243 e. The highest BCUT2D eigenvalue weighted by Gasteiger charge is 2.34. The van der Waals surface area contributed by atoms with Crippen LogP contribution in [0.15, 0.2) is 23.1 Å². The van der Waals surface area contributed by atoms with Crippen molar-refractivity contribution in [2.75, 3.05) is 13.1 Å². The number of nitriles is 1. The minimum Gasteiger partial charge on any atom is -0.330 e. The molecule has 0 bridgehead atoms. The van der Waals surface area contributed by atoms with E-state index in [1.54, 1.807) is 6.07 Å². The number of hydrogen-bond donors (Lipinski definition) is 1. The van der Waals surface area contributed by atoms with E-state index in [-0.39, 0.29) is 22.4 Å². The largest absolute Gasteiger partial charge is 0.330 e. The number of benzene rings is 1. The molecule has 1 aliphatic rings. The third-order valence-electron chi connectivity index (χ3n) is 3.92. The molecule has 0 spiro atoms. The summed E-state index contributed by atoms with van der Waals surface area (Å²) in [6, 6.07) is 4.83. The Bertz CT molecular complexity index is 669. The van der Waals surface area contributed by atoms with Crippen molar-refractivity contribution < 1.29 is 12.8 Å². The molecule has 0 aliphatic carbocycles. The maximum atomic E-state index is 13.3. The molecule has 1 aromatic rings. The van der Waals surface area contributed by atoms with Crippen LogP contribution >= 0.6 is 0 Å². The van der Waals surface area contributed by atoms with Gasteiger partial charge < -0.3 is 5.73 Å². The fraction of sp³-hybridized carbons (Fsp3) is 0.500.